The van der Waals surface area contributed by atoms with Crippen LogP contribution in [0.5, 0.6) is 11.5 Å². The van der Waals surface area contributed by atoms with Gasteiger partial charge in [0.1, 0.15) is 11.5 Å². The summed E-state index contributed by atoms with van der Waals surface area (Å²) in [5.41, 5.74) is 0.755. The fourth-order valence-corrected chi connectivity index (χ4v) is 1.93. The fraction of sp³-hybridized carbons (Fsp3) is 0.235. The van der Waals surface area contributed by atoms with Crippen molar-refractivity contribution in [1.82, 2.24) is 0 Å². The fourth-order valence-electron chi connectivity index (χ4n) is 1.81. The van der Waals surface area contributed by atoms with Gasteiger partial charge in [-0.3, -0.25) is 4.79 Å². The highest BCUT2D eigenvalue weighted by molar-refractivity contribution is 6.30. The Hall–Kier alpha value is -2.20. The Morgan fingerprint density at radius 2 is 1.45 bits per heavy atom. The van der Waals surface area contributed by atoms with Crippen LogP contribution in [0, 0.1) is 0 Å². The first kappa shape index (κ1) is 16.2. The van der Waals surface area contributed by atoms with Crippen LogP contribution in [0.4, 0.5) is 5.69 Å². The standard InChI is InChI=1S/C17H18ClNO3/c1-13(20)19-15-5-9-17(10-6-15)22-12-2-11-21-16-7-3-14(18)4-8-16/h3-10H,2,11-12H2,1H3,(H,19,20). The van der Waals surface area contributed by atoms with Crippen LogP contribution in [0.25, 0.3) is 0 Å². The second kappa shape index (κ2) is 8.29. The molecular weight excluding hydrogens is 302 g/mol. The van der Waals surface area contributed by atoms with Gasteiger partial charge in [-0.05, 0) is 48.5 Å². The highest BCUT2D eigenvalue weighted by Crippen LogP contribution is 2.17. The number of carbonyl (C=O) groups excluding carboxylic acids is 1. The van der Waals surface area contributed by atoms with E-state index >= 15 is 0 Å². The van der Waals surface area contributed by atoms with Crippen LogP contribution in [0.1, 0.15) is 13.3 Å². The lowest BCUT2D eigenvalue weighted by Gasteiger charge is -2.09. The van der Waals surface area contributed by atoms with E-state index in [1.807, 2.05) is 24.3 Å². The molecule has 0 radical (unpaired) electrons. The molecule has 0 bridgehead atoms. The quantitative estimate of drug-likeness (QED) is 0.780. The molecule has 0 fully saturated rings. The molecular formula is C17H18ClNO3. The van der Waals surface area contributed by atoms with Crippen molar-refractivity contribution in [3.8, 4) is 11.5 Å². The van der Waals surface area contributed by atoms with Gasteiger partial charge in [-0.1, -0.05) is 11.6 Å². The van der Waals surface area contributed by atoms with E-state index in [0.717, 1.165) is 23.6 Å². The van der Waals surface area contributed by atoms with Crippen LogP contribution in [0.15, 0.2) is 48.5 Å². The maximum atomic E-state index is 10.9. The minimum atomic E-state index is -0.0898. The van der Waals surface area contributed by atoms with E-state index in [2.05, 4.69) is 5.32 Å². The molecule has 22 heavy (non-hydrogen) atoms. The molecule has 116 valence electrons. The molecule has 1 amide bonds. The molecule has 4 nitrogen and oxygen atoms in total. The van der Waals surface area contributed by atoms with Crippen molar-refractivity contribution in [2.45, 2.75) is 13.3 Å². The lowest BCUT2D eigenvalue weighted by molar-refractivity contribution is -0.114. The highest BCUT2D eigenvalue weighted by atomic mass is 35.5. The summed E-state index contributed by atoms with van der Waals surface area (Å²) >= 11 is 5.80. The van der Waals surface area contributed by atoms with E-state index in [-0.39, 0.29) is 5.91 Å². The van der Waals surface area contributed by atoms with Gasteiger partial charge < -0.3 is 14.8 Å². The van der Waals surface area contributed by atoms with Gasteiger partial charge in [-0.25, -0.2) is 0 Å². The SMILES string of the molecule is CC(=O)Nc1ccc(OCCCOc2ccc(Cl)cc2)cc1. The Labute approximate surface area is 135 Å². The number of amides is 1. The second-order valence-electron chi connectivity index (χ2n) is 4.71. The smallest absolute Gasteiger partial charge is 0.221 e. The first-order chi connectivity index (χ1) is 10.6. The van der Waals surface area contributed by atoms with E-state index in [9.17, 15) is 4.79 Å². The average molecular weight is 320 g/mol. The number of anilines is 1. The number of benzene rings is 2. The van der Waals surface area contributed by atoms with Gasteiger partial charge in [0.05, 0.1) is 13.2 Å². The van der Waals surface area contributed by atoms with Gasteiger partial charge in [-0.15, -0.1) is 0 Å². The number of nitrogens with one attached hydrogen (secondary N) is 1. The van der Waals surface area contributed by atoms with Crippen LogP contribution >= 0.6 is 11.6 Å². The van der Waals surface area contributed by atoms with Crippen LogP contribution in [-0.4, -0.2) is 19.1 Å². The number of carbonyl (C=O) groups is 1. The predicted octanol–water partition coefficient (Wildman–Crippen LogP) is 4.15. The largest absolute Gasteiger partial charge is 0.493 e. The Morgan fingerprint density at radius 1 is 0.955 bits per heavy atom. The van der Waals surface area contributed by atoms with Crippen molar-refractivity contribution in [2.24, 2.45) is 0 Å². The Morgan fingerprint density at radius 3 is 1.95 bits per heavy atom. The summed E-state index contributed by atoms with van der Waals surface area (Å²) in [5.74, 6) is 1.47. The molecule has 0 atom stereocenters. The first-order valence-electron chi connectivity index (χ1n) is 7.02. The zero-order chi connectivity index (χ0) is 15.8. The topological polar surface area (TPSA) is 47.6 Å². The molecule has 2 aromatic rings. The summed E-state index contributed by atoms with van der Waals surface area (Å²) in [5, 5.41) is 3.40. The number of halogens is 1. The van der Waals surface area contributed by atoms with Gasteiger partial charge in [0.25, 0.3) is 0 Å². The lowest BCUT2D eigenvalue weighted by atomic mass is 10.3. The number of ether oxygens (including phenoxy) is 2. The summed E-state index contributed by atoms with van der Waals surface area (Å²) in [6.45, 7) is 2.61. The van der Waals surface area contributed by atoms with Crippen molar-refractivity contribution in [3.05, 3.63) is 53.6 Å². The monoisotopic (exact) mass is 319 g/mol. The zero-order valence-electron chi connectivity index (χ0n) is 12.3. The van der Waals surface area contributed by atoms with Gasteiger partial charge in [0.15, 0.2) is 0 Å². The van der Waals surface area contributed by atoms with E-state index < -0.39 is 0 Å². The van der Waals surface area contributed by atoms with Crippen LogP contribution in [0.3, 0.4) is 0 Å². The van der Waals surface area contributed by atoms with E-state index in [1.165, 1.54) is 6.92 Å². The van der Waals surface area contributed by atoms with Crippen molar-refractivity contribution in [2.75, 3.05) is 18.5 Å². The van der Waals surface area contributed by atoms with Gasteiger partial charge in [-0.2, -0.15) is 0 Å². The molecule has 2 rings (SSSR count). The van der Waals surface area contributed by atoms with Gasteiger partial charge in [0, 0.05) is 24.1 Å². The molecule has 0 aliphatic rings. The third-order valence-electron chi connectivity index (χ3n) is 2.81. The molecule has 1 N–H and O–H groups in total. The Bertz CT molecular complexity index is 596. The molecule has 0 unspecified atom stereocenters. The van der Waals surface area contributed by atoms with E-state index in [0.29, 0.717) is 18.2 Å². The molecule has 0 heterocycles. The van der Waals surface area contributed by atoms with E-state index in [1.54, 1.807) is 24.3 Å². The maximum Gasteiger partial charge on any atom is 0.221 e. The molecule has 2 aromatic carbocycles. The number of hydrogen-bond donors (Lipinski definition) is 1. The number of rotatable bonds is 7. The molecule has 0 saturated heterocycles. The van der Waals surface area contributed by atoms with Crippen molar-refractivity contribution in [3.63, 3.8) is 0 Å². The summed E-state index contributed by atoms with van der Waals surface area (Å²) in [7, 11) is 0. The molecule has 0 spiro atoms. The summed E-state index contributed by atoms with van der Waals surface area (Å²) in [6.07, 6.45) is 0.774. The first-order valence-corrected chi connectivity index (χ1v) is 7.40. The Balaban J connectivity index is 1.66. The van der Waals surface area contributed by atoms with Crippen LogP contribution in [-0.2, 0) is 4.79 Å². The second-order valence-corrected chi connectivity index (χ2v) is 5.15. The summed E-state index contributed by atoms with van der Waals surface area (Å²) < 4.78 is 11.2. The normalized spacial score (nSPS) is 10.1. The van der Waals surface area contributed by atoms with Crippen molar-refractivity contribution < 1.29 is 14.3 Å². The van der Waals surface area contributed by atoms with Crippen molar-refractivity contribution in [1.29, 1.82) is 0 Å². The third-order valence-corrected chi connectivity index (χ3v) is 3.07. The van der Waals surface area contributed by atoms with Crippen LogP contribution in [0.2, 0.25) is 5.02 Å². The molecule has 0 aliphatic carbocycles. The lowest BCUT2D eigenvalue weighted by Crippen LogP contribution is -2.06. The molecule has 5 heteroatoms. The summed E-state index contributed by atoms with van der Waals surface area (Å²) in [4.78, 5) is 10.9. The highest BCUT2D eigenvalue weighted by Gasteiger charge is 1.98. The van der Waals surface area contributed by atoms with Crippen molar-refractivity contribution >= 4 is 23.2 Å². The van der Waals surface area contributed by atoms with E-state index in [4.69, 9.17) is 21.1 Å². The zero-order valence-corrected chi connectivity index (χ0v) is 13.1. The maximum absolute atomic E-state index is 10.9. The summed E-state index contributed by atoms with van der Waals surface area (Å²) in [6, 6.07) is 14.5. The predicted molar refractivity (Wildman–Crippen MR) is 87.8 cm³/mol. The molecule has 0 aliphatic heterocycles. The number of hydrogen-bond acceptors (Lipinski definition) is 3. The molecule has 0 saturated carbocycles. The third kappa shape index (κ3) is 5.66. The molecule has 0 aromatic heterocycles. The van der Waals surface area contributed by atoms with Gasteiger partial charge in [0.2, 0.25) is 5.91 Å². The minimum absolute atomic E-state index is 0.0898. The average Bonchev–Trinajstić information content (AvgIpc) is 2.50. The minimum Gasteiger partial charge on any atom is -0.493 e. The Kier molecular flexibility index (Phi) is 6.10. The van der Waals surface area contributed by atoms with Crippen LogP contribution < -0.4 is 14.8 Å². The van der Waals surface area contributed by atoms with Gasteiger partial charge >= 0.3 is 0 Å².